The molecule has 0 aromatic heterocycles. The summed E-state index contributed by atoms with van der Waals surface area (Å²) in [6.07, 6.45) is 0. The van der Waals surface area contributed by atoms with E-state index in [0.717, 1.165) is 0 Å². The zero-order valence-corrected chi connectivity index (χ0v) is 6.11. The maximum absolute atomic E-state index is 2.30. The third-order valence-corrected chi connectivity index (χ3v) is 0. The molecule has 0 aliphatic rings. The van der Waals surface area contributed by atoms with E-state index < -0.39 is 0 Å². The molecule has 0 saturated heterocycles. The first kappa shape index (κ1) is 17.4. The number of rotatable bonds is 0. The summed E-state index contributed by atoms with van der Waals surface area (Å²) >= 11 is 0.230. The van der Waals surface area contributed by atoms with E-state index in [4.69, 9.17) is 0 Å². The van der Waals surface area contributed by atoms with Crippen molar-refractivity contribution in [1.82, 2.24) is 0 Å². The quantitative estimate of drug-likeness (QED) is 0.332. The summed E-state index contributed by atoms with van der Waals surface area (Å²) in [6.45, 7) is 0. The van der Waals surface area contributed by atoms with Crippen molar-refractivity contribution in [3.05, 3.63) is 0 Å². The Morgan fingerprint density at radius 1 is 1.00 bits per heavy atom. The Labute approximate surface area is 40.9 Å². The fourth-order valence-electron chi connectivity index (χ4n) is 0. The van der Waals surface area contributed by atoms with Gasteiger partial charge < -0.3 is 9.41 Å². The van der Waals surface area contributed by atoms with Gasteiger partial charge in [-0.15, -0.1) is 0 Å². The predicted molar refractivity (Wildman–Crippen MR) is 17.5 cm³/mol. The Kier molecular flexibility index (Phi) is 78.8. The van der Waals surface area contributed by atoms with Crippen LogP contribution in [-0.4, -0.2) is 21.1 Å². The number of halogens is 2. The van der Waals surface area contributed by atoms with Crippen LogP contribution in [0.2, 0.25) is 9.88 Å². The monoisotopic (exact) mass is 188 g/mol. The van der Waals surface area contributed by atoms with Gasteiger partial charge in [-0.3, -0.25) is 0 Å². The Balaban J connectivity index is -0.0000000200. The van der Waals surface area contributed by atoms with Crippen LogP contribution in [0, 0.1) is 0 Å². The molecule has 0 spiro atoms. The molecule has 0 N–H and O–H groups in total. The molecule has 5 heavy (non-hydrogen) atoms. The van der Waals surface area contributed by atoms with Gasteiger partial charge in [0.25, 0.3) is 0 Å². The van der Waals surface area contributed by atoms with Gasteiger partial charge in [0.1, 0.15) is 0 Å². The van der Waals surface area contributed by atoms with E-state index in [1.807, 2.05) is 0 Å². The molecule has 0 heterocycles. The van der Waals surface area contributed by atoms with Crippen molar-refractivity contribution in [2.24, 2.45) is 0 Å². The van der Waals surface area contributed by atoms with Crippen molar-refractivity contribution in [2.45, 2.75) is 9.88 Å². The SMILES string of the molecule is [CH3][Sn+2][CH3].[F-].[F-]. The van der Waals surface area contributed by atoms with E-state index >= 15 is 0 Å². The average molecular weight is 187 g/mol. The first-order valence-corrected chi connectivity index (χ1v) is 6.71. The molecule has 0 rings (SSSR count). The Hall–Kier alpha value is 0.659. The second-order valence-electron chi connectivity index (χ2n) is 0.500. The van der Waals surface area contributed by atoms with E-state index in [9.17, 15) is 0 Å². The van der Waals surface area contributed by atoms with Crippen molar-refractivity contribution >= 4 is 21.1 Å². The number of hydrogen-bond acceptors (Lipinski definition) is 0. The van der Waals surface area contributed by atoms with Crippen molar-refractivity contribution in [3.63, 3.8) is 0 Å². The van der Waals surface area contributed by atoms with Crippen LogP contribution in [0.3, 0.4) is 0 Å². The van der Waals surface area contributed by atoms with Crippen LogP contribution < -0.4 is 9.41 Å². The first-order chi connectivity index (χ1) is 1.41. The summed E-state index contributed by atoms with van der Waals surface area (Å²) in [7, 11) is 0. The van der Waals surface area contributed by atoms with Gasteiger partial charge in [0, 0.05) is 0 Å². The molecule has 0 fully saturated rings. The van der Waals surface area contributed by atoms with Gasteiger partial charge in [-0.05, 0) is 0 Å². The summed E-state index contributed by atoms with van der Waals surface area (Å²) in [5.41, 5.74) is 0. The molecule has 0 amide bonds. The minimum absolute atomic E-state index is 0. The van der Waals surface area contributed by atoms with Crippen LogP contribution in [-0.2, 0) is 0 Å². The summed E-state index contributed by atoms with van der Waals surface area (Å²) in [5, 5.41) is 0. The summed E-state index contributed by atoms with van der Waals surface area (Å²) in [4.78, 5) is 4.59. The molecule has 0 aliphatic heterocycles. The Morgan fingerprint density at radius 3 is 1.00 bits per heavy atom. The second-order valence-corrected chi connectivity index (χ2v) is 3.35. The van der Waals surface area contributed by atoms with Crippen LogP contribution in [0.15, 0.2) is 0 Å². The third-order valence-electron chi connectivity index (χ3n) is 0. The van der Waals surface area contributed by atoms with Crippen LogP contribution in [0.1, 0.15) is 0 Å². The first-order valence-electron chi connectivity index (χ1n) is 1.00. The molecule has 0 aromatic rings. The zero-order valence-electron chi connectivity index (χ0n) is 3.26. The predicted octanol–water partition coefficient (Wildman–Crippen LogP) is -5.21. The van der Waals surface area contributed by atoms with Crippen molar-refractivity contribution in [1.29, 1.82) is 0 Å². The Bertz CT molecular complexity index is 7.61. The van der Waals surface area contributed by atoms with Crippen LogP contribution in [0.4, 0.5) is 0 Å². The van der Waals surface area contributed by atoms with Gasteiger partial charge >= 0.3 is 31.0 Å². The average Bonchev–Trinajstić information content (AvgIpc) is 0.918. The van der Waals surface area contributed by atoms with E-state index in [2.05, 4.69) is 9.88 Å². The van der Waals surface area contributed by atoms with Crippen LogP contribution >= 0.6 is 0 Å². The molecule has 0 saturated carbocycles. The molecule has 0 unspecified atom stereocenters. The van der Waals surface area contributed by atoms with Gasteiger partial charge in [-0.2, -0.15) is 0 Å². The maximum Gasteiger partial charge on any atom is -1.00 e. The van der Waals surface area contributed by atoms with Gasteiger partial charge in [0.15, 0.2) is 0 Å². The van der Waals surface area contributed by atoms with Crippen LogP contribution in [0.5, 0.6) is 0 Å². The molecule has 3 heteroatoms. The van der Waals surface area contributed by atoms with Gasteiger partial charge in [-0.1, -0.05) is 0 Å². The van der Waals surface area contributed by atoms with Crippen molar-refractivity contribution in [3.8, 4) is 0 Å². The third kappa shape index (κ3) is 75.9. The number of hydrogen-bond donors (Lipinski definition) is 0. The largest absolute Gasteiger partial charge is 1.00 e. The van der Waals surface area contributed by atoms with Gasteiger partial charge in [-0.25, -0.2) is 0 Å². The van der Waals surface area contributed by atoms with Crippen molar-refractivity contribution in [2.75, 3.05) is 0 Å². The van der Waals surface area contributed by atoms with E-state index in [1.165, 1.54) is 0 Å². The molecule has 0 aromatic carbocycles. The molecule has 0 atom stereocenters. The standard InChI is InChI=1S/2CH3.2FH.Sn/h2*1H3;2*1H;/q;;;;+2/p-2. The van der Waals surface area contributed by atoms with Gasteiger partial charge in [0.05, 0.1) is 0 Å². The molecule has 32 valence electrons. The Morgan fingerprint density at radius 2 is 1.00 bits per heavy atom. The van der Waals surface area contributed by atoms with Crippen LogP contribution in [0.25, 0.3) is 0 Å². The second kappa shape index (κ2) is 22.7. The minimum atomic E-state index is 0. The molecule has 0 bridgehead atoms. The van der Waals surface area contributed by atoms with Gasteiger partial charge in [0.2, 0.25) is 0 Å². The van der Waals surface area contributed by atoms with E-state index in [1.54, 1.807) is 0 Å². The van der Waals surface area contributed by atoms with Crippen molar-refractivity contribution < 1.29 is 9.41 Å². The zero-order chi connectivity index (χ0) is 2.71. The minimum Gasteiger partial charge on any atom is -1.00 e. The molecular formula is C2H6F2Sn. The topological polar surface area (TPSA) is 0 Å². The smallest absolute Gasteiger partial charge is 1.00 e. The molecule has 0 aliphatic carbocycles. The summed E-state index contributed by atoms with van der Waals surface area (Å²) in [6, 6.07) is 0. The molecular weight excluding hydrogens is 181 g/mol. The fourth-order valence-corrected chi connectivity index (χ4v) is 0. The fraction of sp³-hybridized carbons (Fsp3) is 1.00. The van der Waals surface area contributed by atoms with E-state index in [0.29, 0.717) is 0 Å². The maximum atomic E-state index is 2.30. The summed E-state index contributed by atoms with van der Waals surface area (Å²) in [5.74, 6) is 0. The molecule has 0 nitrogen and oxygen atoms in total. The normalized spacial score (nSPS) is 2.00. The van der Waals surface area contributed by atoms with E-state index in [-0.39, 0.29) is 30.6 Å². The summed E-state index contributed by atoms with van der Waals surface area (Å²) < 4.78 is 0. The molecule has 0 radical (unpaired) electrons.